The van der Waals surface area contributed by atoms with E-state index in [2.05, 4.69) is 6.92 Å². The standard InChI is InChI=1S/C8H20NOP/c1-5-6-8(7(2)9)11(3,4)10/h7-8H,5-6,9H2,1-4H3. The van der Waals surface area contributed by atoms with Gasteiger partial charge < -0.3 is 10.3 Å². The Bertz CT molecular complexity index is 150. The average Bonchev–Trinajstić information content (AvgIpc) is 1.79. The summed E-state index contributed by atoms with van der Waals surface area (Å²) in [4.78, 5) is 0. The number of hydrogen-bond acceptors (Lipinski definition) is 2. The molecular formula is C8H20NOP. The molecule has 0 heterocycles. The smallest absolute Gasteiger partial charge is 0.0863 e. The minimum Gasteiger partial charge on any atom is -0.327 e. The molecule has 0 spiro atoms. The summed E-state index contributed by atoms with van der Waals surface area (Å²) in [5.41, 5.74) is 5.95. The predicted molar refractivity (Wildman–Crippen MR) is 51.8 cm³/mol. The van der Waals surface area contributed by atoms with Gasteiger partial charge in [0.15, 0.2) is 0 Å². The zero-order valence-electron chi connectivity index (χ0n) is 8.00. The van der Waals surface area contributed by atoms with Crippen LogP contribution in [0.5, 0.6) is 0 Å². The molecule has 0 aromatic carbocycles. The minimum atomic E-state index is -1.97. The molecule has 0 bridgehead atoms. The minimum absolute atomic E-state index is 0.0655. The van der Waals surface area contributed by atoms with Crippen LogP contribution in [0.2, 0.25) is 0 Å². The third-order valence-electron chi connectivity index (χ3n) is 1.99. The first kappa shape index (κ1) is 11.2. The molecule has 0 aromatic heterocycles. The van der Waals surface area contributed by atoms with Crippen molar-refractivity contribution in [1.29, 1.82) is 0 Å². The lowest BCUT2D eigenvalue weighted by Gasteiger charge is -2.24. The fourth-order valence-electron chi connectivity index (χ4n) is 1.44. The molecule has 0 fully saturated rings. The summed E-state index contributed by atoms with van der Waals surface area (Å²) in [5.74, 6) is 0. The molecule has 0 amide bonds. The Labute approximate surface area is 69.9 Å². The Morgan fingerprint density at radius 2 is 1.91 bits per heavy atom. The van der Waals surface area contributed by atoms with Crippen LogP contribution in [0.1, 0.15) is 26.7 Å². The van der Waals surface area contributed by atoms with E-state index in [4.69, 9.17) is 5.73 Å². The van der Waals surface area contributed by atoms with E-state index in [9.17, 15) is 4.57 Å². The van der Waals surface area contributed by atoms with Crippen LogP contribution in [0.4, 0.5) is 0 Å². The molecule has 0 aromatic rings. The summed E-state index contributed by atoms with van der Waals surface area (Å²) in [5, 5.41) is 0. The largest absolute Gasteiger partial charge is 0.327 e. The highest BCUT2D eigenvalue weighted by atomic mass is 31.2. The van der Waals surface area contributed by atoms with Crippen molar-refractivity contribution in [3.63, 3.8) is 0 Å². The first-order valence-corrected chi connectivity index (χ1v) is 6.86. The van der Waals surface area contributed by atoms with Crippen LogP contribution >= 0.6 is 7.14 Å². The second-order valence-corrected chi connectivity index (χ2v) is 7.18. The van der Waals surface area contributed by atoms with E-state index >= 15 is 0 Å². The maximum atomic E-state index is 11.7. The highest BCUT2D eigenvalue weighted by molar-refractivity contribution is 7.63. The molecule has 2 atom stereocenters. The van der Waals surface area contributed by atoms with Gasteiger partial charge >= 0.3 is 0 Å². The van der Waals surface area contributed by atoms with E-state index < -0.39 is 7.14 Å². The summed E-state index contributed by atoms with van der Waals surface area (Å²) in [6, 6.07) is 0.0655. The van der Waals surface area contributed by atoms with Crippen molar-refractivity contribution in [1.82, 2.24) is 0 Å². The van der Waals surface area contributed by atoms with Gasteiger partial charge in [0.25, 0.3) is 0 Å². The van der Waals surface area contributed by atoms with Gasteiger partial charge in [-0.15, -0.1) is 0 Å². The number of nitrogens with two attached hydrogens (primary N) is 1. The monoisotopic (exact) mass is 177 g/mol. The zero-order chi connectivity index (χ0) is 9.07. The van der Waals surface area contributed by atoms with Crippen LogP contribution in [0, 0.1) is 0 Å². The van der Waals surface area contributed by atoms with Crippen LogP contribution in [-0.4, -0.2) is 25.0 Å². The molecule has 2 N–H and O–H groups in total. The second-order valence-electron chi connectivity index (χ2n) is 3.65. The van der Waals surface area contributed by atoms with Gasteiger partial charge in [0.05, 0.1) is 7.14 Å². The third kappa shape index (κ3) is 3.93. The Morgan fingerprint density at radius 1 is 1.45 bits per heavy atom. The van der Waals surface area contributed by atoms with Crippen molar-refractivity contribution >= 4 is 7.14 Å². The summed E-state index contributed by atoms with van der Waals surface area (Å²) >= 11 is 0. The average molecular weight is 177 g/mol. The Balaban J connectivity index is 4.23. The van der Waals surface area contributed by atoms with E-state index in [-0.39, 0.29) is 11.7 Å². The van der Waals surface area contributed by atoms with Crippen molar-refractivity contribution in [2.75, 3.05) is 13.3 Å². The van der Waals surface area contributed by atoms with E-state index in [1.165, 1.54) is 0 Å². The lowest BCUT2D eigenvalue weighted by molar-refractivity contribution is 0.542. The van der Waals surface area contributed by atoms with Crippen molar-refractivity contribution < 1.29 is 4.57 Å². The van der Waals surface area contributed by atoms with E-state index in [0.717, 1.165) is 12.8 Å². The zero-order valence-corrected chi connectivity index (χ0v) is 8.90. The molecule has 0 saturated carbocycles. The number of hydrogen-bond donors (Lipinski definition) is 1. The molecule has 0 aliphatic carbocycles. The van der Waals surface area contributed by atoms with Gasteiger partial charge in [-0.3, -0.25) is 0 Å². The lowest BCUT2D eigenvalue weighted by Crippen LogP contribution is -2.31. The molecule has 0 saturated heterocycles. The van der Waals surface area contributed by atoms with Crippen LogP contribution in [0.25, 0.3) is 0 Å². The van der Waals surface area contributed by atoms with Crippen LogP contribution < -0.4 is 5.73 Å². The Morgan fingerprint density at radius 3 is 2.00 bits per heavy atom. The number of rotatable bonds is 4. The molecule has 0 radical (unpaired) electrons. The van der Waals surface area contributed by atoms with Gasteiger partial charge in [-0.2, -0.15) is 0 Å². The topological polar surface area (TPSA) is 43.1 Å². The first-order valence-electron chi connectivity index (χ1n) is 4.19. The Kier molecular flexibility index (Phi) is 4.35. The van der Waals surface area contributed by atoms with Crippen molar-refractivity contribution in [2.45, 2.75) is 38.4 Å². The van der Waals surface area contributed by atoms with E-state index in [1.54, 1.807) is 0 Å². The molecule has 11 heavy (non-hydrogen) atoms. The lowest BCUT2D eigenvalue weighted by atomic mass is 10.1. The van der Waals surface area contributed by atoms with Crippen molar-refractivity contribution in [3.05, 3.63) is 0 Å². The first-order chi connectivity index (χ1) is 4.89. The van der Waals surface area contributed by atoms with Gasteiger partial charge in [-0.1, -0.05) is 13.3 Å². The molecule has 0 aliphatic rings. The van der Waals surface area contributed by atoms with Gasteiger partial charge in [0.1, 0.15) is 0 Å². The Hall–Kier alpha value is 0.190. The molecule has 0 aliphatic heterocycles. The maximum absolute atomic E-state index is 11.7. The van der Waals surface area contributed by atoms with Crippen molar-refractivity contribution in [2.24, 2.45) is 5.73 Å². The normalized spacial score (nSPS) is 17.9. The maximum Gasteiger partial charge on any atom is 0.0863 e. The molecular weight excluding hydrogens is 157 g/mol. The second kappa shape index (κ2) is 4.27. The fourth-order valence-corrected chi connectivity index (χ4v) is 3.45. The molecule has 2 nitrogen and oxygen atoms in total. The van der Waals surface area contributed by atoms with Crippen LogP contribution in [-0.2, 0) is 4.57 Å². The summed E-state index contributed by atoms with van der Waals surface area (Å²) in [7, 11) is -1.97. The SMILES string of the molecule is CCCC(C(C)N)P(C)(C)=O. The van der Waals surface area contributed by atoms with E-state index in [1.807, 2.05) is 20.3 Å². The van der Waals surface area contributed by atoms with Gasteiger partial charge in [0, 0.05) is 11.7 Å². The molecule has 0 rings (SSSR count). The van der Waals surface area contributed by atoms with E-state index in [0.29, 0.717) is 0 Å². The molecule has 68 valence electrons. The predicted octanol–water partition coefficient (Wildman–Crippen LogP) is 2.12. The highest BCUT2D eigenvalue weighted by Crippen LogP contribution is 2.45. The van der Waals surface area contributed by atoms with Gasteiger partial charge in [-0.25, -0.2) is 0 Å². The van der Waals surface area contributed by atoms with Crippen molar-refractivity contribution in [3.8, 4) is 0 Å². The summed E-state index contributed by atoms with van der Waals surface area (Å²) in [6.07, 6.45) is 2.06. The highest BCUT2D eigenvalue weighted by Gasteiger charge is 2.25. The molecule has 3 heteroatoms. The third-order valence-corrected chi connectivity index (χ3v) is 4.32. The summed E-state index contributed by atoms with van der Waals surface area (Å²) < 4.78 is 11.7. The van der Waals surface area contributed by atoms with Gasteiger partial charge in [0.2, 0.25) is 0 Å². The fraction of sp³-hybridized carbons (Fsp3) is 1.00. The summed E-state index contributed by atoms with van der Waals surface area (Å²) in [6.45, 7) is 7.71. The molecule has 2 unspecified atom stereocenters. The van der Waals surface area contributed by atoms with Crippen LogP contribution in [0.15, 0.2) is 0 Å². The quantitative estimate of drug-likeness (QED) is 0.668. The van der Waals surface area contributed by atoms with Crippen LogP contribution in [0.3, 0.4) is 0 Å². The van der Waals surface area contributed by atoms with Gasteiger partial charge in [-0.05, 0) is 26.7 Å².